The fourth-order valence-corrected chi connectivity index (χ4v) is 3.24. The summed E-state index contributed by atoms with van der Waals surface area (Å²) in [6.07, 6.45) is 3.44. The predicted molar refractivity (Wildman–Crippen MR) is 108 cm³/mol. The SMILES string of the molecule is CC(NC(=O)c1ccc(-c2cnc3ccccn23)cc1F)C(=O)c1ccccc1F. The largest absolute Gasteiger partial charge is 0.342 e. The third-order valence-corrected chi connectivity index (χ3v) is 4.81. The molecule has 0 radical (unpaired) electrons. The number of rotatable bonds is 5. The number of pyridine rings is 1. The van der Waals surface area contributed by atoms with Gasteiger partial charge in [0.05, 0.1) is 29.1 Å². The molecule has 30 heavy (non-hydrogen) atoms. The molecule has 1 N–H and O–H groups in total. The highest BCUT2D eigenvalue weighted by molar-refractivity contribution is 6.04. The van der Waals surface area contributed by atoms with E-state index in [-0.39, 0.29) is 11.1 Å². The van der Waals surface area contributed by atoms with E-state index in [4.69, 9.17) is 0 Å². The van der Waals surface area contributed by atoms with Gasteiger partial charge in [-0.05, 0) is 43.3 Å². The van der Waals surface area contributed by atoms with E-state index in [0.29, 0.717) is 11.3 Å². The molecule has 7 heteroatoms. The lowest BCUT2D eigenvalue weighted by Crippen LogP contribution is -2.39. The minimum atomic E-state index is -1.02. The number of halogens is 2. The van der Waals surface area contributed by atoms with Gasteiger partial charge >= 0.3 is 0 Å². The van der Waals surface area contributed by atoms with Crippen molar-refractivity contribution in [1.29, 1.82) is 0 Å². The van der Waals surface area contributed by atoms with Crippen LogP contribution in [-0.2, 0) is 0 Å². The molecule has 2 aromatic heterocycles. The van der Waals surface area contributed by atoms with Gasteiger partial charge in [-0.15, -0.1) is 0 Å². The molecule has 0 aliphatic carbocycles. The summed E-state index contributed by atoms with van der Waals surface area (Å²) in [4.78, 5) is 29.2. The first-order valence-corrected chi connectivity index (χ1v) is 9.27. The Bertz CT molecular complexity index is 1270. The number of benzene rings is 2. The Morgan fingerprint density at radius 1 is 0.967 bits per heavy atom. The number of nitrogens with one attached hydrogen (secondary N) is 1. The Balaban J connectivity index is 1.55. The van der Waals surface area contributed by atoms with Crippen LogP contribution in [0.3, 0.4) is 0 Å². The van der Waals surface area contributed by atoms with E-state index in [1.54, 1.807) is 12.3 Å². The van der Waals surface area contributed by atoms with E-state index >= 15 is 0 Å². The molecular formula is C23H17F2N3O2. The summed E-state index contributed by atoms with van der Waals surface area (Å²) < 4.78 is 30.3. The van der Waals surface area contributed by atoms with Crippen molar-refractivity contribution in [3.8, 4) is 11.3 Å². The maximum Gasteiger partial charge on any atom is 0.254 e. The predicted octanol–water partition coefficient (Wildman–Crippen LogP) is 4.28. The lowest BCUT2D eigenvalue weighted by molar-refractivity contribution is 0.0861. The molecular weight excluding hydrogens is 388 g/mol. The number of hydrogen-bond acceptors (Lipinski definition) is 3. The molecule has 1 unspecified atom stereocenters. The number of hydrogen-bond donors (Lipinski definition) is 1. The van der Waals surface area contributed by atoms with Crippen LogP contribution in [0.5, 0.6) is 0 Å². The van der Waals surface area contributed by atoms with Crippen LogP contribution in [0, 0.1) is 11.6 Å². The number of nitrogens with zero attached hydrogens (tertiary/aromatic N) is 2. The van der Waals surface area contributed by atoms with E-state index in [0.717, 1.165) is 5.65 Å². The van der Waals surface area contributed by atoms with Gasteiger partial charge in [-0.2, -0.15) is 0 Å². The normalized spacial score (nSPS) is 12.0. The second-order valence-electron chi connectivity index (χ2n) is 6.81. The first-order chi connectivity index (χ1) is 14.5. The van der Waals surface area contributed by atoms with Crippen molar-refractivity contribution in [1.82, 2.24) is 14.7 Å². The first-order valence-electron chi connectivity index (χ1n) is 9.27. The van der Waals surface area contributed by atoms with Crippen molar-refractivity contribution in [3.63, 3.8) is 0 Å². The van der Waals surface area contributed by atoms with Crippen molar-refractivity contribution < 1.29 is 18.4 Å². The zero-order chi connectivity index (χ0) is 21.3. The third kappa shape index (κ3) is 3.57. The molecule has 0 aliphatic rings. The quantitative estimate of drug-likeness (QED) is 0.504. The molecule has 1 amide bonds. The maximum atomic E-state index is 14.7. The van der Waals surface area contributed by atoms with E-state index in [9.17, 15) is 18.4 Å². The van der Waals surface area contributed by atoms with E-state index in [1.165, 1.54) is 43.3 Å². The maximum absolute atomic E-state index is 14.7. The molecule has 150 valence electrons. The van der Waals surface area contributed by atoms with Crippen LogP contribution in [0.25, 0.3) is 16.9 Å². The standard InChI is InChI=1S/C23H17F2N3O2/c1-14(22(29)16-6-2-3-7-18(16)24)27-23(30)17-10-9-15(12-19(17)25)20-13-26-21-8-4-5-11-28(20)21/h2-14H,1H3,(H,27,30). The van der Waals surface area contributed by atoms with Crippen molar-refractivity contribution in [3.05, 3.63) is 95.8 Å². The van der Waals surface area contributed by atoms with E-state index in [1.807, 2.05) is 28.8 Å². The van der Waals surface area contributed by atoms with Gasteiger partial charge in [-0.1, -0.05) is 24.3 Å². The van der Waals surface area contributed by atoms with Crippen molar-refractivity contribution >= 4 is 17.3 Å². The van der Waals surface area contributed by atoms with E-state index in [2.05, 4.69) is 10.3 Å². The average Bonchev–Trinajstić information content (AvgIpc) is 3.17. The monoisotopic (exact) mass is 405 g/mol. The van der Waals surface area contributed by atoms with Gasteiger partial charge < -0.3 is 5.32 Å². The Morgan fingerprint density at radius 3 is 2.50 bits per heavy atom. The smallest absolute Gasteiger partial charge is 0.254 e. The highest BCUT2D eigenvalue weighted by Gasteiger charge is 2.22. The molecule has 0 bridgehead atoms. The zero-order valence-electron chi connectivity index (χ0n) is 16.0. The number of Topliss-reactive ketones (excluding diaryl/α,β-unsaturated/α-hetero) is 1. The summed E-state index contributed by atoms with van der Waals surface area (Å²) in [5, 5.41) is 2.43. The molecule has 0 spiro atoms. The summed E-state index contributed by atoms with van der Waals surface area (Å²) in [5.74, 6) is -2.76. The Hall–Kier alpha value is -3.87. The van der Waals surface area contributed by atoms with Crippen LogP contribution in [0.1, 0.15) is 27.6 Å². The Kier molecular flexibility index (Phi) is 5.10. The van der Waals surface area contributed by atoms with Gasteiger partial charge in [-0.25, -0.2) is 13.8 Å². The molecule has 4 aromatic rings. The van der Waals surface area contributed by atoms with Crippen LogP contribution in [0.4, 0.5) is 8.78 Å². The van der Waals surface area contributed by atoms with Crippen LogP contribution >= 0.6 is 0 Å². The van der Waals surface area contributed by atoms with Crippen LogP contribution in [0.15, 0.2) is 73.1 Å². The number of fused-ring (bicyclic) bond motifs is 1. The zero-order valence-corrected chi connectivity index (χ0v) is 16.0. The second-order valence-corrected chi connectivity index (χ2v) is 6.81. The van der Waals surface area contributed by atoms with Crippen molar-refractivity contribution in [2.24, 2.45) is 0 Å². The summed E-state index contributed by atoms with van der Waals surface area (Å²) in [7, 11) is 0. The molecule has 0 saturated heterocycles. The van der Waals surface area contributed by atoms with Crippen LogP contribution in [-0.4, -0.2) is 27.1 Å². The molecule has 4 rings (SSSR count). The Morgan fingerprint density at radius 2 is 1.73 bits per heavy atom. The molecule has 1 atom stereocenters. The van der Waals surface area contributed by atoms with Gasteiger partial charge in [-0.3, -0.25) is 14.0 Å². The molecule has 0 saturated carbocycles. The highest BCUT2D eigenvalue weighted by atomic mass is 19.1. The fourth-order valence-electron chi connectivity index (χ4n) is 3.24. The van der Waals surface area contributed by atoms with Gasteiger partial charge in [0, 0.05) is 11.8 Å². The summed E-state index contributed by atoms with van der Waals surface area (Å²) in [5.41, 5.74) is 1.61. The number of carbonyl (C=O) groups excluding carboxylic acids is 2. The topological polar surface area (TPSA) is 63.5 Å². The van der Waals surface area contributed by atoms with Gasteiger partial charge in [0.1, 0.15) is 17.3 Å². The number of carbonyl (C=O) groups is 2. The minimum Gasteiger partial charge on any atom is -0.342 e. The third-order valence-electron chi connectivity index (χ3n) is 4.81. The summed E-state index contributed by atoms with van der Waals surface area (Å²) >= 11 is 0. The molecule has 0 aliphatic heterocycles. The molecule has 2 aromatic carbocycles. The van der Waals surface area contributed by atoms with Gasteiger partial charge in [0.25, 0.3) is 5.91 Å². The first kappa shape index (κ1) is 19.4. The number of ketones is 1. The molecule has 5 nitrogen and oxygen atoms in total. The Labute approximate surface area is 171 Å². The number of imidazole rings is 1. The van der Waals surface area contributed by atoms with E-state index < -0.39 is 29.4 Å². The summed E-state index contributed by atoms with van der Waals surface area (Å²) in [6.45, 7) is 1.43. The van der Waals surface area contributed by atoms with Gasteiger partial charge in [0.15, 0.2) is 5.78 Å². The minimum absolute atomic E-state index is 0.131. The molecule has 0 fully saturated rings. The average molecular weight is 405 g/mol. The van der Waals surface area contributed by atoms with Gasteiger partial charge in [0.2, 0.25) is 0 Å². The lowest BCUT2D eigenvalue weighted by atomic mass is 10.0. The van der Waals surface area contributed by atoms with Crippen molar-refractivity contribution in [2.75, 3.05) is 0 Å². The second kappa shape index (κ2) is 7.87. The highest BCUT2D eigenvalue weighted by Crippen LogP contribution is 2.23. The van der Waals surface area contributed by atoms with Crippen LogP contribution < -0.4 is 5.32 Å². The number of aromatic nitrogens is 2. The molecule has 2 heterocycles. The lowest BCUT2D eigenvalue weighted by Gasteiger charge is -2.14. The summed E-state index contributed by atoms with van der Waals surface area (Å²) in [6, 6.07) is 14.2. The number of amides is 1. The fraction of sp³-hybridized carbons (Fsp3) is 0.0870. The van der Waals surface area contributed by atoms with Crippen molar-refractivity contribution in [2.45, 2.75) is 13.0 Å². The van der Waals surface area contributed by atoms with Crippen LogP contribution in [0.2, 0.25) is 0 Å².